The van der Waals surface area contributed by atoms with Gasteiger partial charge in [0.2, 0.25) is 5.91 Å². The van der Waals surface area contributed by atoms with Gasteiger partial charge >= 0.3 is 0 Å². The molecule has 3 N–H and O–H groups in total. The fraction of sp³-hybridized carbons (Fsp3) is 0.909. The Labute approximate surface area is 120 Å². The van der Waals surface area contributed by atoms with Gasteiger partial charge in [0, 0.05) is 6.54 Å². The van der Waals surface area contributed by atoms with E-state index in [2.05, 4.69) is 15.5 Å². The SMILES string of the molecule is O=C(CO)NCCCN[C@@H]1CO[C@H]2[C@@H]1OC[C@@H]2O[N+](=O)[O-]. The molecular formula is C11H19N3O7. The molecule has 2 aliphatic heterocycles. The number of aliphatic hydroxyl groups is 1. The summed E-state index contributed by atoms with van der Waals surface area (Å²) in [6, 6.07) is -0.0519. The smallest absolute Gasteiger partial charge is 0.294 e. The average molecular weight is 305 g/mol. The number of amides is 1. The molecule has 2 rings (SSSR count). The molecule has 0 aromatic rings. The summed E-state index contributed by atoms with van der Waals surface area (Å²) in [6.45, 7) is 1.12. The molecule has 10 heteroatoms. The molecule has 0 saturated carbocycles. The number of ether oxygens (including phenoxy) is 2. The first-order chi connectivity index (χ1) is 10.1. The molecule has 1 amide bonds. The summed E-state index contributed by atoms with van der Waals surface area (Å²) < 4.78 is 11.0. The normalized spacial score (nSPS) is 30.9. The van der Waals surface area contributed by atoms with E-state index in [0.717, 1.165) is 0 Å². The van der Waals surface area contributed by atoms with Gasteiger partial charge in [0.1, 0.15) is 18.8 Å². The molecule has 2 saturated heterocycles. The number of hydrogen-bond acceptors (Lipinski definition) is 8. The minimum atomic E-state index is -0.829. The Morgan fingerprint density at radius 2 is 2.10 bits per heavy atom. The van der Waals surface area contributed by atoms with Crippen LogP contribution in [0.1, 0.15) is 6.42 Å². The Morgan fingerprint density at radius 1 is 1.33 bits per heavy atom. The number of nitrogens with one attached hydrogen (secondary N) is 2. The van der Waals surface area contributed by atoms with E-state index in [1.165, 1.54) is 0 Å². The van der Waals surface area contributed by atoms with Crippen LogP contribution in [0, 0.1) is 10.1 Å². The number of carbonyl (C=O) groups excluding carboxylic acids is 1. The van der Waals surface area contributed by atoms with Crippen LogP contribution < -0.4 is 10.6 Å². The van der Waals surface area contributed by atoms with Crippen molar-refractivity contribution in [3.63, 3.8) is 0 Å². The van der Waals surface area contributed by atoms with E-state index in [1.54, 1.807) is 0 Å². The van der Waals surface area contributed by atoms with Crippen molar-refractivity contribution in [2.45, 2.75) is 30.8 Å². The van der Waals surface area contributed by atoms with Gasteiger partial charge in [-0.1, -0.05) is 0 Å². The minimum Gasteiger partial charge on any atom is -0.387 e. The molecule has 0 aromatic carbocycles. The van der Waals surface area contributed by atoms with Crippen LogP contribution >= 0.6 is 0 Å². The predicted octanol–water partition coefficient (Wildman–Crippen LogP) is -2.18. The lowest BCUT2D eigenvalue weighted by atomic mass is 10.1. The number of fused-ring (bicyclic) bond motifs is 1. The highest BCUT2D eigenvalue weighted by Crippen LogP contribution is 2.28. The highest BCUT2D eigenvalue weighted by atomic mass is 17.0. The number of rotatable bonds is 8. The lowest BCUT2D eigenvalue weighted by Crippen LogP contribution is -2.42. The van der Waals surface area contributed by atoms with Gasteiger partial charge in [0.25, 0.3) is 5.09 Å². The van der Waals surface area contributed by atoms with E-state index in [-0.39, 0.29) is 18.8 Å². The van der Waals surface area contributed by atoms with E-state index < -0.39 is 29.8 Å². The molecule has 0 unspecified atom stereocenters. The standard InChI is InChI=1S/C11H19N3O7/c15-4-9(16)13-3-1-2-12-7-5-19-11-8(21-14(17)18)6-20-10(7)11/h7-8,10-12,15H,1-6H2,(H,13,16)/t7-,8+,10-,11-/m1/s1. The van der Waals surface area contributed by atoms with Crippen LogP contribution in [0.15, 0.2) is 0 Å². The van der Waals surface area contributed by atoms with Crippen molar-refractivity contribution in [3.8, 4) is 0 Å². The fourth-order valence-electron chi connectivity index (χ4n) is 2.50. The summed E-state index contributed by atoms with van der Waals surface area (Å²) in [5.74, 6) is -0.404. The molecule has 21 heavy (non-hydrogen) atoms. The highest BCUT2D eigenvalue weighted by molar-refractivity contribution is 5.76. The van der Waals surface area contributed by atoms with Crippen molar-refractivity contribution in [1.29, 1.82) is 0 Å². The van der Waals surface area contributed by atoms with Gasteiger partial charge in [0.05, 0.1) is 19.3 Å². The lowest BCUT2D eigenvalue weighted by Gasteiger charge is -2.17. The van der Waals surface area contributed by atoms with Gasteiger partial charge < -0.3 is 30.1 Å². The first-order valence-corrected chi connectivity index (χ1v) is 6.77. The Kier molecular flexibility index (Phi) is 5.67. The van der Waals surface area contributed by atoms with E-state index in [0.29, 0.717) is 26.1 Å². The Balaban J connectivity index is 1.65. The maximum Gasteiger partial charge on any atom is 0.294 e. The van der Waals surface area contributed by atoms with Crippen molar-refractivity contribution in [2.75, 3.05) is 32.9 Å². The zero-order valence-electron chi connectivity index (χ0n) is 11.4. The highest BCUT2D eigenvalue weighted by Gasteiger charge is 2.49. The maximum absolute atomic E-state index is 10.8. The summed E-state index contributed by atoms with van der Waals surface area (Å²) in [6.07, 6.45) is -0.682. The van der Waals surface area contributed by atoms with Crippen molar-refractivity contribution in [2.24, 2.45) is 0 Å². The molecule has 2 heterocycles. The fourth-order valence-corrected chi connectivity index (χ4v) is 2.50. The second kappa shape index (κ2) is 7.50. The van der Waals surface area contributed by atoms with Crippen molar-refractivity contribution < 1.29 is 29.3 Å². The average Bonchev–Trinajstić information content (AvgIpc) is 3.01. The van der Waals surface area contributed by atoms with E-state index in [1.807, 2.05) is 0 Å². The second-order valence-electron chi connectivity index (χ2n) is 4.89. The molecule has 2 fully saturated rings. The van der Waals surface area contributed by atoms with E-state index >= 15 is 0 Å². The van der Waals surface area contributed by atoms with Gasteiger partial charge in [-0.15, -0.1) is 10.1 Å². The largest absolute Gasteiger partial charge is 0.387 e. The van der Waals surface area contributed by atoms with Crippen LogP contribution in [-0.2, 0) is 19.1 Å². The third-order valence-electron chi connectivity index (χ3n) is 3.46. The molecule has 0 radical (unpaired) electrons. The first-order valence-electron chi connectivity index (χ1n) is 6.77. The monoisotopic (exact) mass is 305 g/mol. The Morgan fingerprint density at radius 3 is 2.81 bits per heavy atom. The molecule has 4 atom stereocenters. The summed E-state index contributed by atoms with van der Waals surface area (Å²) in [5.41, 5.74) is 0. The molecule has 0 aromatic heterocycles. The van der Waals surface area contributed by atoms with Crippen molar-refractivity contribution in [1.82, 2.24) is 10.6 Å². The quantitative estimate of drug-likeness (QED) is 0.262. The van der Waals surface area contributed by atoms with Crippen molar-refractivity contribution >= 4 is 5.91 Å². The summed E-state index contributed by atoms with van der Waals surface area (Å²) >= 11 is 0. The topological polar surface area (TPSA) is 132 Å². The van der Waals surface area contributed by atoms with Crippen LogP contribution in [-0.4, -0.2) is 73.4 Å². The lowest BCUT2D eigenvalue weighted by molar-refractivity contribution is -0.769. The van der Waals surface area contributed by atoms with Crippen LogP contribution in [0.5, 0.6) is 0 Å². The molecule has 120 valence electrons. The van der Waals surface area contributed by atoms with Gasteiger partial charge in [-0.3, -0.25) is 4.79 Å². The number of nitrogens with zero attached hydrogens (tertiary/aromatic N) is 1. The van der Waals surface area contributed by atoms with Crippen LogP contribution in [0.2, 0.25) is 0 Å². The number of carbonyl (C=O) groups is 1. The molecular weight excluding hydrogens is 286 g/mol. The zero-order valence-corrected chi connectivity index (χ0v) is 11.4. The molecule has 0 bridgehead atoms. The summed E-state index contributed by atoms with van der Waals surface area (Å²) in [4.78, 5) is 25.7. The number of hydrogen-bond donors (Lipinski definition) is 3. The molecule has 0 spiro atoms. The Hall–Kier alpha value is -1.49. The molecule has 10 nitrogen and oxygen atoms in total. The van der Waals surface area contributed by atoms with Crippen LogP contribution in [0.3, 0.4) is 0 Å². The van der Waals surface area contributed by atoms with Gasteiger partial charge in [-0.25, -0.2) is 0 Å². The minimum absolute atomic E-state index is 0.0519. The third kappa shape index (κ3) is 4.24. The zero-order chi connectivity index (χ0) is 15.2. The molecule has 2 aliphatic rings. The number of aliphatic hydroxyl groups excluding tert-OH is 1. The van der Waals surface area contributed by atoms with Gasteiger partial charge in [-0.2, -0.15) is 0 Å². The molecule has 0 aliphatic carbocycles. The predicted molar refractivity (Wildman–Crippen MR) is 67.9 cm³/mol. The van der Waals surface area contributed by atoms with Gasteiger partial charge in [0.15, 0.2) is 6.10 Å². The maximum atomic E-state index is 10.8. The Bertz CT molecular complexity index is 381. The first kappa shape index (κ1) is 15.9. The van der Waals surface area contributed by atoms with E-state index in [4.69, 9.17) is 14.6 Å². The van der Waals surface area contributed by atoms with Crippen LogP contribution in [0.4, 0.5) is 0 Å². The third-order valence-corrected chi connectivity index (χ3v) is 3.46. The van der Waals surface area contributed by atoms with Crippen LogP contribution in [0.25, 0.3) is 0 Å². The second-order valence-corrected chi connectivity index (χ2v) is 4.89. The van der Waals surface area contributed by atoms with Crippen molar-refractivity contribution in [3.05, 3.63) is 10.1 Å². The summed E-state index contributed by atoms with van der Waals surface area (Å²) in [7, 11) is 0. The van der Waals surface area contributed by atoms with Gasteiger partial charge in [-0.05, 0) is 13.0 Å². The summed E-state index contributed by atoms with van der Waals surface area (Å²) in [5, 5.41) is 23.8. The van der Waals surface area contributed by atoms with E-state index in [9.17, 15) is 14.9 Å².